The number of hydrogen-bond acceptors (Lipinski definition) is 2. The lowest BCUT2D eigenvalue weighted by molar-refractivity contribution is -0.0530. The van der Waals surface area contributed by atoms with Crippen LogP contribution in [0.1, 0.15) is 13.8 Å². The first kappa shape index (κ1) is 15.7. The quantitative estimate of drug-likeness (QED) is 0.777. The molecule has 0 spiro atoms. The molecule has 0 bridgehead atoms. The maximum atomic E-state index is 12.2. The average molecular weight is 338 g/mol. The van der Waals surface area contributed by atoms with Gasteiger partial charge in [0.25, 0.3) is 0 Å². The van der Waals surface area contributed by atoms with E-state index in [0.717, 1.165) is 0 Å². The van der Waals surface area contributed by atoms with Crippen LogP contribution in [0.15, 0.2) is 12.1 Å². The predicted molar refractivity (Wildman–Crippen MR) is 82.1 cm³/mol. The highest BCUT2D eigenvalue weighted by molar-refractivity contribution is 6.44. The molecule has 0 unspecified atom stereocenters. The SMILES string of the molecule is C[C@H]1CN(C(=O)Nc2cc(Cl)c(Cl)cc2Cl)C[C@H](C)O1. The minimum absolute atomic E-state index is 0.00813. The van der Waals surface area contributed by atoms with Gasteiger partial charge in [0.2, 0.25) is 0 Å². The van der Waals surface area contributed by atoms with Gasteiger partial charge in [-0.3, -0.25) is 0 Å². The van der Waals surface area contributed by atoms with Crippen LogP contribution in [-0.2, 0) is 4.74 Å². The third-order valence-electron chi connectivity index (χ3n) is 2.96. The number of amides is 2. The Labute approximate surface area is 132 Å². The molecule has 1 saturated heterocycles. The highest BCUT2D eigenvalue weighted by atomic mass is 35.5. The molecule has 2 rings (SSSR count). The standard InChI is InChI=1S/C13H15Cl3N2O2/c1-7-5-18(6-8(2)20-7)13(19)17-12-4-10(15)9(14)3-11(12)16/h3-4,7-8H,5-6H2,1-2H3,(H,17,19)/t7-,8-/m0/s1. The Hall–Kier alpha value is -0.680. The normalized spacial score (nSPS) is 22.8. The summed E-state index contributed by atoms with van der Waals surface area (Å²) in [5.41, 5.74) is 0.442. The number of nitrogens with zero attached hydrogens (tertiary/aromatic N) is 1. The third-order valence-corrected chi connectivity index (χ3v) is 3.99. The molecule has 1 aliphatic rings. The van der Waals surface area contributed by atoms with Crippen molar-refractivity contribution in [3.05, 3.63) is 27.2 Å². The van der Waals surface area contributed by atoms with Gasteiger partial charge in [-0.2, -0.15) is 0 Å². The van der Waals surface area contributed by atoms with E-state index in [-0.39, 0.29) is 18.2 Å². The summed E-state index contributed by atoms with van der Waals surface area (Å²) in [5, 5.41) is 3.79. The number of hydrogen-bond donors (Lipinski definition) is 1. The molecule has 1 aliphatic heterocycles. The molecule has 1 N–H and O–H groups in total. The number of benzene rings is 1. The number of urea groups is 1. The number of nitrogens with one attached hydrogen (secondary N) is 1. The lowest BCUT2D eigenvalue weighted by atomic mass is 10.2. The van der Waals surface area contributed by atoms with E-state index in [4.69, 9.17) is 39.5 Å². The van der Waals surface area contributed by atoms with Gasteiger partial charge in [0, 0.05) is 13.1 Å². The van der Waals surface area contributed by atoms with E-state index in [9.17, 15) is 4.79 Å². The van der Waals surface area contributed by atoms with E-state index in [0.29, 0.717) is 33.8 Å². The zero-order chi connectivity index (χ0) is 14.9. The molecule has 0 aromatic heterocycles. The molecule has 1 fully saturated rings. The summed E-state index contributed by atoms with van der Waals surface area (Å²) in [7, 11) is 0. The summed E-state index contributed by atoms with van der Waals surface area (Å²) in [5.74, 6) is 0. The molecule has 0 saturated carbocycles. The zero-order valence-corrected chi connectivity index (χ0v) is 13.4. The molecule has 2 atom stereocenters. The third kappa shape index (κ3) is 3.70. The van der Waals surface area contributed by atoms with Crippen LogP contribution >= 0.6 is 34.8 Å². The van der Waals surface area contributed by atoms with Crippen molar-refractivity contribution in [3.8, 4) is 0 Å². The molecule has 0 radical (unpaired) electrons. The van der Waals surface area contributed by atoms with Crippen LogP contribution in [0, 0.1) is 0 Å². The summed E-state index contributed by atoms with van der Waals surface area (Å²) in [6.45, 7) is 4.94. The summed E-state index contributed by atoms with van der Waals surface area (Å²) >= 11 is 17.8. The molecule has 4 nitrogen and oxygen atoms in total. The molecule has 0 aliphatic carbocycles. The Morgan fingerprint density at radius 1 is 1.15 bits per heavy atom. The van der Waals surface area contributed by atoms with Gasteiger partial charge in [-0.15, -0.1) is 0 Å². The lowest BCUT2D eigenvalue weighted by Crippen LogP contribution is -2.49. The second-order valence-electron chi connectivity index (χ2n) is 4.84. The Bertz CT molecular complexity index is 515. The minimum Gasteiger partial charge on any atom is -0.372 e. The fraction of sp³-hybridized carbons (Fsp3) is 0.462. The van der Waals surface area contributed by atoms with Gasteiger partial charge in [-0.1, -0.05) is 34.8 Å². The van der Waals surface area contributed by atoms with Crippen molar-refractivity contribution in [1.29, 1.82) is 0 Å². The molecular weight excluding hydrogens is 323 g/mol. The number of rotatable bonds is 1. The van der Waals surface area contributed by atoms with Crippen LogP contribution in [0.25, 0.3) is 0 Å². The molecule has 1 aromatic carbocycles. The van der Waals surface area contributed by atoms with Gasteiger partial charge < -0.3 is 15.0 Å². The van der Waals surface area contributed by atoms with Crippen molar-refractivity contribution in [2.45, 2.75) is 26.1 Å². The Kier molecular flexibility index (Phi) is 5.02. The van der Waals surface area contributed by atoms with Crippen LogP contribution in [0.4, 0.5) is 10.5 Å². The number of carbonyl (C=O) groups is 1. The van der Waals surface area contributed by atoms with E-state index in [1.165, 1.54) is 12.1 Å². The molecule has 110 valence electrons. The van der Waals surface area contributed by atoms with Crippen molar-refractivity contribution in [2.75, 3.05) is 18.4 Å². The smallest absolute Gasteiger partial charge is 0.322 e. The van der Waals surface area contributed by atoms with Crippen LogP contribution in [0.3, 0.4) is 0 Å². The minimum atomic E-state index is -0.229. The van der Waals surface area contributed by atoms with Crippen LogP contribution in [0.5, 0.6) is 0 Å². The summed E-state index contributed by atoms with van der Waals surface area (Å²) in [6, 6.07) is 2.82. The molecule has 1 aromatic rings. The highest BCUT2D eigenvalue weighted by Gasteiger charge is 2.26. The summed E-state index contributed by atoms with van der Waals surface area (Å²) in [4.78, 5) is 13.9. The van der Waals surface area contributed by atoms with Gasteiger partial charge in [0.15, 0.2) is 0 Å². The maximum absolute atomic E-state index is 12.2. The fourth-order valence-electron chi connectivity index (χ4n) is 2.16. The van der Waals surface area contributed by atoms with Crippen molar-refractivity contribution in [2.24, 2.45) is 0 Å². The molecule has 1 heterocycles. The van der Waals surface area contributed by atoms with Gasteiger partial charge in [0.05, 0.1) is 33.0 Å². The van der Waals surface area contributed by atoms with Crippen molar-refractivity contribution in [1.82, 2.24) is 4.90 Å². The van der Waals surface area contributed by atoms with Crippen LogP contribution < -0.4 is 5.32 Å². The number of anilines is 1. The number of halogens is 3. The first-order valence-electron chi connectivity index (χ1n) is 6.22. The number of morpholine rings is 1. The second-order valence-corrected chi connectivity index (χ2v) is 6.06. The number of carbonyl (C=O) groups excluding carboxylic acids is 1. The molecule has 2 amide bonds. The molecule has 7 heteroatoms. The van der Waals surface area contributed by atoms with Gasteiger partial charge in [-0.25, -0.2) is 4.79 Å². The monoisotopic (exact) mass is 336 g/mol. The first-order chi connectivity index (χ1) is 9.36. The van der Waals surface area contributed by atoms with Gasteiger partial charge in [0.1, 0.15) is 0 Å². The van der Waals surface area contributed by atoms with Gasteiger partial charge >= 0.3 is 6.03 Å². The van der Waals surface area contributed by atoms with E-state index in [2.05, 4.69) is 5.32 Å². The number of ether oxygens (including phenoxy) is 1. The predicted octanol–water partition coefficient (Wildman–Crippen LogP) is 4.29. The first-order valence-corrected chi connectivity index (χ1v) is 7.36. The Morgan fingerprint density at radius 2 is 1.70 bits per heavy atom. The fourth-order valence-corrected chi connectivity index (χ4v) is 2.75. The van der Waals surface area contributed by atoms with Crippen LogP contribution in [-0.4, -0.2) is 36.2 Å². The topological polar surface area (TPSA) is 41.6 Å². The molecule has 20 heavy (non-hydrogen) atoms. The Balaban J connectivity index is 2.10. The van der Waals surface area contributed by atoms with E-state index < -0.39 is 0 Å². The largest absolute Gasteiger partial charge is 0.372 e. The van der Waals surface area contributed by atoms with Crippen molar-refractivity contribution in [3.63, 3.8) is 0 Å². The van der Waals surface area contributed by atoms with Crippen molar-refractivity contribution >= 4 is 46.5 Å². The molecular formula is C13H15Cl3N2O2. The van der Waals surface area contributed by atoms with E-state index >= 15 is 0 Å². The second kappa shape index (κ2) is 6.39. The Morgan fingerprint density at radius 3 is 2.30 bits per heavy atom. The maximum Gasteiger partial charge on any atom is 0.322 e. The van der Waals surface area contributed by atoms with E-state index in [1.54, 1.807) is 4.90 Å². The average Bonchev–Trinajstić information content (AvgIpc) is 2.34. The lowest BCUT2D eigenvalue weighted by Gasteiger charge is -2.35. The summed E-state index contributed by atoms with van der Waals surface area (Å²) in [6.07, 6.45) is 0.0163. The van der Waals surface area contributed by atoms with Crippen molar-refractivity contribution < 1.29 is 9.53 Å². The highest BCUT2D eigenvalue weighted by Crippen LogP contribution is 2.32. The van der Waals surface area contributed by atoms with E-state index in [1.807, 2.05) is 13.8 Å². The zero-order valence-electron chi connectivity index (χ0n) is 11.1. The van der Waals surface area contributed by atoms with Gasteiger partial charge in [-0.05, 0) is 26.0 Å². The van der Waals surface area contributed by atoms with Crippen LogP contribution in [0.2, 0.25) is 15.1 Å². The summed E-state index contributed by atoms with van der Waals surface area (Å²) < 4.78 is 5.59.